The number of likely N-dealkylation sites (tertiary alicyclic amines) is 1. The zero-order valence-electron chi connectivity index (χ0n) is 18.6. The van der Waals surface area contributed by atoms with Crippen LogP contribution in [0.1, 0.15) is 29.6 Å². The van der Waals surface area contributed by atoms with Crippen LogP contribution in [-0.4, -0.2) is 46.1 Å². The van der Waals surface area contributed by atoms with E-state index in [1.165, 1.54) is 16.7 Å². The minimum absolute atomic E-state index is 0.0161. The number of nitrogens with one attached hydrogen (secondary N) is 2. The largest absolute Gasteiger partial charge is 0.350 e. The molecule has 35 heavy (non-hydrogen) atoms. The summed E-state index contributed by atoms with van der Waals surface area (Å²) in [6, 6.07) is 9.91. The number of benzene rings is 2. The van der Waals surface area contributed by atoms with Gasteiger partial charge in [0.15, 0.2) is 0 Å². The van der Waals surface area contributed by atoms with Gasteiger partial charge in [-0.3, -0.25) is 14.2 Å². The summed E-state index contributed by atoms with van der Waals surface area (Å²) in [5.41, 5.74) is 1.26. The van der Waals surface area contributed by atoms with Gasteiger partial charge in [0, 0.05) is 36.0 Å². The maximum Gasteiger partial charge on any atom is 0.322 e. The molecule has 1 saturated heterocycles. The third-order valence-corrected chi connectivity index (χ3v) is 6.71. The number of carbonyl (C=O) groups excluding carboxylic acids is 3. The van der Waals surface area contributed by atoms with Crippen LogP contribution in [0.25, 0.3) is 10.9 Å². The van der Waals surface area contributed by atoms with Gasteiger partial charge in [-0.25, -0.2) is 13.6 Å². The van der Waals surface area contributed by atoms with Crippen molar-refractivity contribution in [3.8, 4) is 0 Å². The van der Waals surface area contributed by atoms with Crippen LogP contribution >= 0.6 is 11.6 Å². The van der Waals surface area contributed by atoms with E-state index in [0.717, 1.165) is 17.7 Å². The van der Waals surface area contributed by atoms with E-state index >= 15 is 0 Å². The van der Waals surface area contributed by atoms with Crippen molar-refractivity contribution in [1.29, 1.82) is 0 Å². The molecule has 2 aromatic carbocycles. The molecular formula is C25H23ClF2N4O3. The van der Waals surface area contributed by atoms with Gasteiger partial charge in [0.05, 0.1) is 22.8 Å². The minimum atomic E-state index is -1.38. The molecule has 2 aliphatic rings. The number of rotatable bonds is 5. The molecule has 3 amide bonds. The maximum absolute atomic E-state index is 14.3. The molecule has 0 spiro atoms. The number of aromatic nitrogens is 1. The van der Waals surface area contributed by atoms with Crippen LogP contribution < -0.4 is 10.6 Å². The van der Waals surface area contributed by atoms with Crippen molar-refractivity contribution in [2.75, 3.05) is 11.9 Å². The number of amides is 3. The number of hydrogen-bond acceptors (Lipinski definition) is 3. The van der Waals surface area contributed by atoms with Gasteiger partial charge in [-0.2, -0.15) is 0 Å². The van der Waals surface area contributed by atoms with Crippen molar-refractivity contribution in [3.05, 3.63) is 65.1 Å². The molecule has 182 valence electrons. The van der Waals surface area contributed by atoms with E-state index in [0.29, 0.717) is 16.6 Å². The van der Waals surface area contributed by atoms with Gasteiger partial charge < -0.3 is 15.5 Å². The van der Waals surface area contributed by atoms with Crippen LogP contribution in [0.3, 0.4) is 0 Å². The van der Waals surface area contributed by atoms with Gasteiger partial charge in [-0.15, -0.1) is 0 Å². The molecular weight excluding hydrogens is 478 g/mol. The lowest BCUT2D eigenvalue weighted by Gasteiger charge is -2.24. The van der Waals surface area contributed by atoms with Crippen LogP contribution in [0.15, 0.2) is 48.7 Å². The molecule has 0 radical (unpaired) electrons. The number of alkyl halides is 1. The van der Waals surface area contributed by atoms with E-state index in [1.54, 1.807) is 30.5 Å². The lowest BCUT2D eigenvalue weighted by molar-refractivity contribution is -0.124. The second-order valence-electron chi connectivity index (χ2n) is 8.90. The number of anilines is 1. The molecule has 2 unspecified atom stereocenters. The molecule has 2 fully saturated rings. The fraction of sp³-hybridized carbons (Fsp3) is 0.320. The summed E-state index contributed by atoms with van der Waals surface area (Å²) >= 11 is 5.78. The summed E-state index contributed by atoms with van der Waals surface area (Å²) in [5.74, 6) is -1.28. The number of para-hydroxylation sites is 1. The highest BCUT2D eigenvalue weighted by Crippen LogP contribution is 2.34. The summed E-state index contributed by atoms with van der Waals surface area (Å²) in [6.45, 7) is -0.403. The van der Waals surface area contributed by atoms with Gasteiger partial charge in [-0.05, 0) is 25.0 Å². The van der Waals surface area contributed by atoms with E-state index < -0.39 is 30.0 Å². The first-order chi connectivity index (χ1) is 16.8. The van der Waals surface area contributed by atoms with E-state index in [-0.39, 0.29) is 41.9 Å². The monoisotopic (exact) mass is 500 g/mol. The number of urea groups is 1. The van der Waals surface area contributed by atoms with E-state index in [1.807, 2.05) is 6.07 Å². The molecule has 1 aliphatic heterocycles. The van der Waals surface area contributed by atoms with Gasteiger partial charge >= 0.3 is 6.03 Å². The number of carbonyl (C=O) groups is 3. The predicted octanol–water partition coefficient (Wildman–Crippen LogP) is 4.74. The number of nitrogens with zero attached hydrogens (tertiary/aromatic N) is 2. The Bertz CT molecular complexity index is 1320. The maximum atomic E-state index is 14.3. The number of halogens is 3. The Labute approximate surface area is 205 Å². The van der Waals surface area contributed by atoms with Gasteiger partial charge in [0.2, 0.25) is 11.8 Å². The molecule has 2 atom stereocenters. The Morgan fingerprint density at radius 2 is 1.86 bits per heavy atom. The summed E-state index contributed by atoms with van der Waals surface area (Å²) in [6.07, 6.45) is 1.71. The van der Waals surface area contributed by atoms with Gasteiger partial charge in [-0.1, -0.05) is 41.9 Å². The quantitative estimate of drug-likeness (QED) is 0.530. The molecule has 5 rings (SSSR count). The third-order valence-electron chi connectivity index (χ3n) is 6.42. The first kappa shape index (κ1) is 23.3. The first-order valence-corrected chi connectivity index (χ1v) is 11.8. The molecule has 1 saturated carbocycles. The fourth-order valence-corrected chi connectivity index (χ4v) is 4.61. The van der Waals surface area contributed by atoms with E-state index in [9.17, 15) is 23.2 Å². The fourth-order valence-electron chi connectivity index (χ4n) is 4.42. The average molecular weight is 501 g/mol. The standard InChI is InChI=1S/C25H23ClF2N4O3/c26-18-6-3-4-15(22(18)28)11-29-23(33)21-10-16(27)12-32(21)25(35)30-19-13-31(24(34)14-8-9-14)20-7-2-1-5-17(19)20/h1-7,13-14,16,21H,8-12H2,(H,29,33)(H,30,35). The number of hydrogen-bond donors (Lipinski definition) is 2. The molecule has 2 heterocycles. The van der Waals surface area contributed by atoms with Crippen LogP contribution in [0.2, 0.25) is 5.02 Å². The molecule has 2 N–H and O–H groups in total. The first-order valence-electron chi connectivity index (χ1n) is 11.4. The second-order valence-corrected chi connectivity index (χ2v) is 9.31. The lowest BCUT2D eigenvalue weighted by Crippen LogP contribution is -2.47. The smallest absolute Gasteiger partial charge is 0.322 e. The Hall–Kier alpha value is -3.46. The molecule has 1 aromatic heterocycles. The highest BCUT2D eigenvalue weighted by Gasteiger charge is 2.40. The Balaban J connectivity index is 1.32. The molecule has 7 nitrogen and oxygen atoms in total. The SMILES string of the molecule is O=C(NCc1cccc(Cl)c1F)C1CC(F)CN1C(=O)Nc1cn(C(=O)C2CC2)c2ccccc12. The number of fused-ring (bicyclic) bond motifs is 1. The third kappa shape index (κ3) is 4.60. The molecule has 10 heteroatoms. The van der Waals surface area contributed by atoms with Crippen molar-refractivity contribution in [3.63, 3.8) is 0 Å². The van der Waals surface area contributed by atoms with Crippen LogP contribution in [0.4, 0.5) is 19.3 Å². The Kier molecular flexibility index (Phi) is 6.19. The summed E-state index contributed by atoms with van der Waals surface area (Å²) in [7, 11) is 0. The van der Waals surface area contributed by atoms with Gasteiger partial charge in [0.1, 0.15) is 18.0 Å². The van der Waals surface area contributed by atoms with Crippen molar-refractivity contribution in [2.24, 2.45) is 5.92 Å². The van der Waals surface area contributed by atoms with Crippen LogP contribution in [0, 0.1) is 11.7 Å². The summed E-state index contributed by atoms with van der Waals surface area (Å²) < 4.78 is 30.0. The van der Waals surface area contributed by atoms with Crippen LogP contribution in [0.5, 0.6) is 0 Å². The zero-order chi connectivity index (χ0) is 24.7. The predicted molar refractivity (Wildman–Crippen MR) is 128 cm³/mol. The highest BCUT2D eigenvalue weighted by atomic mass is 35.5. The van der Waals surface area contributed by atoms with Crippen molar-refractivity contribution < 1.29 is 23.2 Å². The molecule has 0 bridgehead atoms. The van der Waals surface area contributed by atoms with Crippen molar-refractivity contribution in [1.82, 2.24) is 14.8 Å². The molecule has 1 aliphatic carbocycles. The van der Waals surface area contributed by atoms with E-state index in [4.69, 9.17) is 11.6 Å². The van der Waals surface area contributed by atoms with Crippen molar-refractivity contribution in [2.45, 2.75) is 38.0 Å². The summed E-state index contributed by atoms with van der Waals surface area (Å²) in [5, 5.41) is 5.92. The highest BCUT2D eigenvalue weighted by molar-refractivity contribution is 6.30. The van der Waals surface area contributed by atoms with Crippen LogP contribution in [-0.2, 0) is 11.3 Å². The lowest BCUT2D eigenvalue weighted by atomic mass is 10.1. The zero-order valence-corrected chi connectivity index (χ0v) is 19.4. The molecule has 3 aromatic rings. The Morgan fingerprint density at radius 1 is 1.09 bits per heavy atom. The normalized spacial score (nSPS) is 19.7. The summed E-state index contributed by atoms with van der Waals surface area (Å²) in [4.78, 5) is 39.8. The minimum Gasteiger partial charge on any atom is -0.350 e. The van der Waals surface area contributed by atoms with E-state index in [2.05, 4.69) is 10.6 Å². The topological polar surface area (TPSA) is 83.4 Å². The van der Waals surface area contributed by atoms with Gasteiger partial charge in [0.25, 0.3) is 0 Å². The van der Waals surface area contributed by atoms with Crippen molar-refractivity contribution >= 4 is 46.0 Å². The second kappa shape index (κ2) is 9.30. The average Bonchev–Trinajstić information content (AvgIpc) is 3.54. The Morgan fingerprint density at radius 3 is 2.63 bits per heavy atom.